The molecule has 0 atom stereocenters. The maximum atomic E-state index is 12.2. The van der Waals surface area contributed by atoms with Crippen LogP contribution >= 0.6 is 0 Å². The third-order valence-corrected chi connectivity index (χ3v) is 6.07. The number of hydrogen-bond donors (Lipinski definition) is 2. The summed E-state index contributed by atoms with van der Waals surface area (Å²) in [5, 5.41) is 12.1. The van der Waals surface area contributed by atoms with Crippen LogP contribution in [0.4, 0.5) is 10.7 Å². The van der Waals surface area contributed by atoms with Gasteiger partial charge in [-0.05, 0) is 42.2 Å². The Hall–Kier alpha value is -4.26. The van der Waals surface area contributed by atoms with Crippen molar-refractivity contribution in [3.8, 4) is 22.5 Å². The standard InChI is InChI=1S/C27H23NO6/c29-25(30)27(14-15-27)23-11-10-22(34-23)20-8-6-19(7-9-20)21-13-17-32-24(21)28-26(31)33-16-12-18-4-2-1-3-5-18/h1-11,13,17H,12,14-16H2,(H,28,31)(H,29,30). The molecule has 2 aromatic heterocycles. The van der Waals surface area contributed by atoms with Gasteiger partial charge in [0.15, 0.2) is 0 Å². The van der Waals surface area contributed by atoms with Gasteiger partial charge in [-0.1, -0.05) is 54.6 Å². The smallest absolute Gasteiger partial charge is 0.414 e. The van der Waals surface area contributed by atoms with Gasteiger partial charge in [-0.3, -0.25) is 10.1 Å². The molecular formula is C27H23NO6. The van der Waals surface area contributed by atoms with Crippen LogP contribution in [-0.4, -0.2) is 23.8 Å². The molecule has 1 aliphatic rings. The zero-order chi connectivity index (χ0) is 23.5. The van der Waals surface area contributed by atoms with Crippen molar-refractivity contribution in [2.75, 3.05) is 11.9 Å². The molecule has 0 bridgehead atoms. The van der Waals surface area contributed by atoms with Gasteiger partial charge >= 0.3 is 12.1 Å². The van der Waals surface area contributed by atoms with Crippen molar-refractivity contribution in [3.05, 3.63) is 90.4 Å². The molecule has 2 heterocycles. The second kappa shape index (κ2) is 8.94. The summed E-state index contributed by atoms with van der Waals surface area (Å²) in [7, 11) is 0. The molecule has 1 aliphatic carbocycles. The number of furan rings is 2. The summed E-state index contributed by atoms with van der Waals surface area (Å²) in [6.07, 6.45) is 2.74. The van der Waals surface area contributed by atoms with Gasteiger partial charge in [0.2, 0.25) is 5.88 Å². The van der Waals surface area contributed by atoms with E-state index in [1.807, 2.05) is 54.6 Å². The van der Waals surface area contributed by atoms with Crippen LogP contribution in [0.2, 0.25) is 0 Å². The first-order valence-corrected chi connectivity index (χ1v) is 11.0. The lowest BCUT2D eigenvalue weighted by Gasteiger charge is -2.08. The summed E-state index contributed by atoms with van der Waals surface area (Å²) in [5.74, 6) is 0.560. The highest BCUT2D eigenvalue weighted by Gasteiger charge is 2.54. The lowest BCUT2D eigenvalue weighted by atomic mass is 10.0. The van der Waals surface area contributed by atoms with Crippen LogP contribution < -0.4 is 5.32 Å². The van der Waals surface area contributed by atoms with Crippen LogP contribution in [-0.2, 0) is 21.4 Å². The molecule has 34 heavy (non-hydrogen) atoms. The number of carboxylic acids is 1. The van der Waals surface area contributed by atoms with Crippen molar-refractivity contribution in [1.82, 2.24) is 0 Å². The number of carbonyl (C=O) groups excluding carboxylic acids is 1. The average Bonchev–Trinajstić information content (AvgIpc) is 3.29. The number of rotatable bonds is 8. The number of hydrogen-bond acceptors (Lipinski definition) is 5. The Morgan fingerprint density at radius 1 is 0.941 bits per heavy atom. The lowest BCUT2D eigenvalue weighted by molar-refractivity contribution is -0.140. The normalized spacial score (nSPS) is 13.9. The Kier molecular flexibility index (Phi) is 5.67. The highest BCUT2D eigenvalue weighted by molar-refractivity contribution is 5.89. The first kappa shape index (κ1) is 21.6. The maximum Gasteiger partial charge on any atom is 0.414 e. The van der Waals surface area contributed by atoms with Crippen LogP contribution in [0.15, 0.2) is 87.9 Å². The summed E-state index contributed by atoms with van der Waals surface area (Å²) in [4.78, 5) is 23.7. The number of aliphatic carboxylic acids is 1. The molecule has 2 N–H and O–H groups in total. The Balaban J connectivity index is 1.23. The molecule has 172 valence electrons. The van der Waals surface area contributed by atoms with Gasteiger partial charge in [0, 0.05) is 17.5 Å². The van der Waals surface area contributed by atoms with Gasteiger partial charge in [0.05, 0.1) is 12.9 Å². The molecule has 0 spiro atoms. The molecule has 1 amide bonds. The minimum absolute atomic E-state index is 0.259. The third kappa shape index (κ3) is 4.32. The monoisotopic (exact) mass is 457 g/mol. The van der Waals surface area contributed by atoms with Crippen LogP contribution in [0.1, 0.15) is 24.2 Å². The van der Waals surface area contributed by atoms with Crippen LogP contribution in [0.5, 0.6) is 0 Å². The van der Waals surface area contributed by atoms with Gasteiger partial charge in [0.1, 0.15) is 16.9 Å². The first-order chi connectivity index (χ1) is 16.5. The van der Waals surface area contributed by atoms with Crippen molar-refractivity contribution in [2.45, 2.75) is 24.7 Å². The fraction of sp³-hybridized carbons (Fsp3) is 0.185. The van der Waals surface area contributed by atoms with E-state index in [0.717, 1.165) is 22.3 Å². The van der Waals surface area contributed by atoms with Crippen LogP contribution in [0, 0.1) is 0 Å². The number of ether oxygens (including phenoxy) is 1. The van der Waals surface area contributed by atoms with Crippen molar-refractivity contribution in [3.63, 3.8) is 0 Å². The van der Waals surface area contributed by atoms with Crippen LogP contribution in [0.25, 0.3) is 22.5 Å². The molecule has 0 radical (unpaired) electrons. The Morgan fingerprint density at radius 2 is 1.68 bits per heavy atom. The average molecular weight is 457 g/mol. The molecule has 0 aliphatic heterocycles. The molecule has 1 saturated carbocycles. The minimum atomic E-state index is -0.870. The van der Waals surface area contributed by atoms with E-state index >= 15 is 0 Å². The van der Waals surface area contributed by atoms with Gasteiger partial charge in [-0.25, -0.2) is 4.79 Å². The third-order valence-electron chi connectivity index (χ3n) is 6.07. The van der Waals surface area contributed by atoms with E-state index < -0.39 is 17.5 Å². The fourth-order valence-electron chi connectivity index (χ4n) is 3.92. The maximum absolute atomic E-state index is 12.2. The molecule has 0 saturated heterocycles. The minimum Gasteiger partial charge on any atom is -0.480 e. The van der Waals surface area contributed by atoms with Crippen molar-refractivity contribution in [2.24, 2.45) is 0 Å². The second-order valence-corrected chi connectivity index (χ2v) is 8.29. The van der Waals surface area contributed by atoms with Crippen molar-refractivity contribution >= 4 is 17.9 Å². The van der Waals surface area contributed by atoms with Crippen molar-refractivity contribution < 1.29 is 28.3 Å². The number of benzene rings is 2. The van der Waals surface area contributed by atoms with Gasteiger partial charge in [-0.2, -0.15) is 0 Å². The number of anilines is 1. The van der Waals surface area contributed by atoms with Gasteiger partial charge in [-0.15, -0.1) is 0 Å². The van der Waals surface area contributed by atoms with Crippen LogP contribution in [0.3, 0.4) is 0 Å². The zero-order valence-corrected chi connectivity index (χ0v) is 18.3. The molecule has 7 nitrogen and oxygen atoms in total. The zero-order valence-electron chi connectivity index (χ0n) is 18.3. The van der Waals surface area contributed by atoms with E-state index in [0.29, 0.717) is 36.7 Å². The Bertz CT molecular complexity index is 1300. The molecule has 2 aromatic carbocycles. The molecular weight excluding hydrogens is 434 g/mol. The molecule has 4 aromatic rings. The van der Waals surface area contributed by atoms with Crippen molar-refractivity contribution in [1.29, 1.82) is 0 Å². The number of nitrogens with one attached hydrogen (secondary N) is 1. The molecule has 0 unspecified atom stereocenters. The largest absolute Gasteiger partial charge is 0.480 e. The Labute approximate surface area is 196 Å². The summed E-state index contributed by atoms with van der Waals surface area (Å²) in [5.41, 5.74) is 2.61. The molecule has 1 fully saturated rings. The van der Waals surface area contributed by atoms with E-state index in [4.69, 9.17) is 13.6 Å². The summed E-state index contributed by atoms with van der Waals surface area (Å²) in [6.45, 7) is 0.259. The van der Waals surface area contributed by atoms with E-state index in [2.05, 4.69) is 5.32 Å². The van der Waals surface area contributed by atoms with E-state index in [1.54, 1.807) is 18.2 Å². The van der Waals surface area contributed by atoms with Gasteiger partial charge in [0.25, 0.3) is 0 Å². The summed E-state index contributed by atoms with van der Waals surface area (Å²) >= 11 is 0. The Morgan fingerprint density at radius 3 is 2.38 bits per heavy atom. The fourth-order valence-corrected chi connectivity index (χ4v) is 3.92. The second-order valence-electron chi connectivity index (χ2n) is 8.29. The molecule has 5 rings (SSSR count). The number of carbonyl (C=O) groups is 2. The number of carboxylic acid groups (broad SMARTS) is 1. The quantitative estimate of drug-likeness (QED) is 0.331. The van der Waals surface area contributed by atoms with E-state index in [-0.39, 0.29) is 6.61 Å². The lowest BCUT2D eigenvalue weighted by Crippen LogP contribution is -2.18. The predicted octanol–water partition coefficient (Wildman–Crippen LogP) is 6.11. The summed E-state index contributed by atoms with van der Waals surface area (Å²) in [6, 6.07) is 22.6. The molecule has 7 heteroatoms. The van der Waals surface area contributed by atoms with Gasteiger partial charge < -0.3 is 18.7 Å². The predicted molar refractivity (Wildman–Crippen MR) is 126 cm³/mol. The highest BCUT2D eigenvalue weighted by atomic mass is 16.5. The van der Waals surface area contributed by atoms with E-state index in [1.165, 1.54) is 6.26 Å². The summed E-state index contributed by atoms with van der Waals surface area (Å²) < 4.78 is 16.6. The first-order valence-electron chi connectivity index (χ1n) is 11.0. The topological polar surface area (TPSA) is 102 Å². The number of amides is 1. The van der Waals surface area contributed by atoms with E-state index in [9.17, 15) is 14.7 Å². The SMILES string of the molecule is O=C(Nc1occc1-c1ccc(-c2ccc(C3(C(=O)O)CC3)o2)cc1)OCCc1ccccc1. The highest BCUT2D eigenvalue weighted by Crippen LogP contribution is 2.49.